The van der Waals surface area contributed by atoms with Gasteiger partial charge in [0.05, 0.1) is 17.3 Å². The Morgan fingerprint density at radius 1 is 1.23 bits per heavy atom. The molecule has 0 fully saturated rings. The Labute approximate surface area is 154 Å². The maximum atomic E-state index is 12.5. The van der Waals surface area contributed by atoms with Gasteiger partial charge in [-0.25, -0.2) is 10.1 Å². The molecule has 0 aliphatic carbocycles. The fourth-order valence-corrected chi connectivity index (χ4v) is 2.45. The van der Waals surface area contributed by atoms with Crippen LogP contribution in [0.2, 0.25) is 5.02 Å². The molecule has 7 nitrogen and oxygen atoms in total. The number of aromatic amines is 1. The number of ether oxygens (including phenoxy) is 1. The molecule has 0 atom stereocenters. The summed E-state index contributed by atoms with van der Waals surface area (Å²) in [5.41, 5.74) is 1.65. The molecule has 1 amide bonds. The van der Waals surface area contributed by atoms with Gasteiger partial charge in [-0.1, -0.05) is 23.7 Å². The minimum absolute atomic E-state index is 0.0742. The Kier molecular flexibility index (Phi) is 5.28. The molecule has 0 unspecified atom stereocenters. The number of hydrogen-bond donors (Lipinski definition) is 2. The van der Waals surface area contributed by atoms with Gasteiger partial charge in [0.2, 0.25) is 5.88 Å². The molecule has 2 aromatic heterocycles. The number of nitrogens with zero attached hydrogens (tertiary/aromatic N) is 2. The van der Waals surface area contributed by atoms with Crippen molar-refractivity contribution in [3.63, 3.8) is 0 Å². The molecular formula is C18H15ClN4O3. The number of halogens is 1. The average Bonchev–Trinajstić information content (AvgIpc) is 2.64. The van der Waals surface area contributed by atoms with Crippen molar-refractivity contribution in [3.05, 3.63) is 69.6 Å². The Morgan fingerprint density at radius 2 is 2.08 bits per heavy atom. The van der Waals surface area contributed by atoms with Crippen molar-refractivity contribution < 1.29 is 9.53 Å². The van der Waals surface area contributed by atoms with Crippen molar-refractivity contribution >= 4 is 23.2 Å². The Bertz CT molecular complexity index is 983. The summed E-state index contributed by atoms with van der Waals surface area (Å²) < 4.78 is 5.30. The lowest BCUT2D eigenvalue weighted by atomic mass is 10.1. The van der Waals surface area contributed by atoms with Crippen LogP contribution in [0.5, 0.6) is 5.88 Å². The highest BCUT2D eigenvalue weighted by molar-refractivity contribution is 6.34. The zero-order chi connectivity index (χ0) is 18.5. The van der Waals surface area contributed by atoms with Crippen LogP contribution in [0.1, 0.15) is 17.4 Å². The van der Waals surface area contributed by atoms with E-state index < -0.39 is 5.91 Å². The SMILES string of the molecule is CCOc1ccc(Cl)c(C(=O)Nc2cccc(-c3ccc(=O)[nH]n3)c2)n1. The van der Waals surface area contributed by atoms with Crippen LogP contribution in [0.4, 0.5) is 5.69 Å². The number of amides is 1. The highest BCUT2D eigenvalue weighted by Gasteiger charge is 2.14. The summed E-state index contributed by atoms with van der Waals surface area (Å²) in [6.07, 6.45) is 0. The fraction of sp³-hybridized carbons (Fsp3) is 0.111. The number of hydrogen-bond acceptors (Lipinski definition) is 5. The third-order valence-corrected chi connectivity index (χ3v) is 3.73. The molecule has 26 heavy (non-hydrogen) atoms. The van der Waals surface area contributed by atoms with Crippen LogP contribution in [0.15, 0.2) is 53.3 Å². The molecule has 0 spiro atoms. The van der Waals surface area contributed by atoms with Gasteiger partial charge in [-0.2, -0.15) is 5.10 Å². The van der Waals surface area contributed by atoms with Gasteiger partial charge in [0.1, 0.15) is 0 Å². The molecule has 0 aliphatic heterocycles. The molecule has 0 aliphatic rings. The van der Waals surface area contributed by atoms with E-state index in [4.69, 9.17) is 16.3 Å². The standard InChI is InChI=1S/C18H15ClN4O3/c1-2-26-16-9-6-13(19)17(21-16)18(25)20-12-5-3-4-11(10-12)14-7-8-15(24)23-22-14/h3-10H,2H2,1H3,(H,20,25)(H,23,24). The minimum atomic E-state index is -0.455. The highest BCUT2D eigenvalue weighted by atomic mass is 35.5. The van der Waals surface area contributed by atoms with Gasteiger partial charge < -0.3 is 10.1 Å². The summed E-state index contributed by atoms with van der Waals surface area (Å²) in [4.78, 5) is 27.8. The zero-order valence-electron chi connectivity index (χ0n) is 13.8. The van der Waals surface area contributed by atoms with Gasteiger partial charge in [-0.3, -0.25) is 9.59 Å². The number of rotatable bonds is 5. The van der Waals surface area contributed by atoms with E-state index in [2.05, 4.69) is 20.5 Å². The number of pyridine rings is 1. The van der Waals surface area contributed by atoms with Crippen LogP contribution >= 0.6 is 11.6 Å². The normalized spacial score (nSPS) is 10.4. The number of benzene rings is 1. The Hall–Kier alpha value is -3.19. The maximum Gasteiger partial charge on any atom is 0.275 e. The molecule has 0 saturated heterocycles. The third kappa shape index (κ3) is 4.07. The molecule has 0 saturated carbocycles. The largest absolute Gasteiger partial charge is 0.478 e. The predicted octanol–water partition coefficient (Wildman–Crippen LogP) is 3.14. The summed E-state index contributed by atoms with van der Waals surface area (Å²) in [7, 11) is 0. The van der Waals surface area contributed by atoms with Gasteiger partial charge in [0.25, 0.3) is 11.5 Å². The predicted molar refractivity (Wildman–Crippen MR) is 98.7 cm³/mol. The quantitative estimate of drug-likeness (QED) is 0.719. The van der Waals surface area contributed by atoms with Crippen molar-refractivity contribution in [2.75, 3.05) is 11.9 Å². The van der Waals surface area contributed by atoms with Crippen molar-refractivity contribution in [3.8, 4) is 17.1 Å². The van der Waals surface area contributed by atoms with Gasteiger partial charge in [-0.05, 0) is 31.2 Å². The van der Waals surface area contributed by atoms with E-state index in [0.717, 1.165) is 5.56 Å². The second kappa shape index (κ2) is 7.79. The molecule has 0 bridgehead atoms. The van der Waals surface area contributed by atoms with E-state index in [1.165, 1.54) is 6.07 Å². The van der Waals surface area contributed by atoms with E-state index in [-0.39, 0.29) is 16.3 Å². The number of H-pyrrole nitrogens is 1. The number of aromatic nitrogens is 3. The minimum Gasteiger partial charge on any atom is -0.478 e. The summed E-state index contributed by atoms with van der Waals surface area (Å²) in [5.74, 6) is -0.128. The first kappa shape index (κ1) is 17.6. The van der Waals surface area contributed by atoms with E-state index in [0.29, 0.717) is 23.9 Å². The van der Waals surface area contributed by atoms with Gasteiger partial charge in [0.15, 0.2) is 5.69 Å². The molecule has 2 heterocycles. The third-order valence-electron chi connectivity index (χ3n) is 3.42. The molecule has 132 valence electrons. The smallest absolute Gasteiger partial charge is 0.275 e. The van der Waals surface area contributed by atoms with E-state index in [1.54, 1.807) is 36.4 Å². The molecule has 3 aromatic rings. The van der Waals surface area contributed by atoms with Crippen LogP contribution in [0.3, 0.4) is 0 Å². The van der Waals surface area contributed by atoms with Crippen molar-refractivity contribution in [2.45, 2.75) is 6.92 Å². The monoisotopic (exact) mass is 370 g/mol. The summed E-state index contributed by atoms with van der Waals surface area (Å²) in [6.45, 7) is 2.26. The lowest BCUT2D eigenvalue weighted by Gasteiger charge is -2.09. The summed E-state index contributed by atoms with van der Waals surface area (Å²) in [5, 5.41) is 9.32. The lowest BCUT2D eigenvalue weighted by Crippen LogP contribution is -2.15. The summed E-state index contributed by atoms with van der Waals surface area (Å²) in [6, 6.07) is 13.2. The highest BCUT2D eigenvalue weighted by Crippen LogP contribution is 2.22. The molecule has 1 aromatic carbocycles. The van der Waals surface area contributed by atoms with Crippen LogP contribution in [0.25, 0.3) is 11.3 Å². The van der Waals surface area contributed by atoms with Crippen molar-refractivity contribution in [2.24, 2.45) is 0 Å². The summed E-state index contributed by atoms with van der Waals surface area (Å²) >= 11 is 6.08. The number of nitrogens with one attached hydrogen (secondary N) is 2. The first-order valence-electron chi connectivity index (χ1n) is 7.83. The number of carbonyl (C=O) groups is 1. The topological polar surface area (TPSA) is 97.0 Å². The van der Waals surface area contributed by atoms with Crippen LogP contribution < -0.4 is 15.6 Å². The molecule has 0 radical (unpaired) electrons. The molecule has 3 rings (SSSR count). The molecule has 2 N–H and O–H groups in total. The second-order valence-electron chi connectivity index (χ2n) is 5.25. The zero-order valence-corrected chi connectivity index (χ0v) is 14.6. The maximum absolute atomic E-state index is 12.5. The average molecular weight is 371 g/mol. The van der Waals surface area contributed by atoms with Crippen LogP contribution in [-0.2, 0) is 0 Å². The van der Waals surface area contributed by atoms with E-state index in [1.807, 2.05) is 13.0 Å². The number of carbonyl (C=O) groups excluding carboxylic acids is 1. The van der Waals surface area contributed by atoms with Crippen LogP contribution in [0, 0.1) is 0 Å². The first-order valence-corrected chi connectivity index (χ1v) is 8.21. The molecule has 8 heteroatoms. The lowest BCUT2D eigenvalue weighted by molar-refractivity contribution is 0.102. The van der Waals surface area contributed by atoms with Crippen molar-refractivity contribution in [1.29, 1.82) is 0 Å². The van der Waals surface area contributed by atoms with Crippen molar-refractivity contribution in [1.82, 2.24) is 15.2 Å². The van der Waals surface area contributed by atoms with Gasteiger partial charge >= 0.3 is 0 Å². The molecular weight excluding hydrogens is 356 g/mol. The van der Waals surface area contributed by atoms with Crippen LogP contribution in [-0.4, -0.2) is 27.7 Å². The van der Waals surface area contributed by atoms with Gasteiger partial charge in [0, 0.05) is 23.4 Å². The Morgan fingerprint density at radius 3 is 2.81 bits per heavy atom. The first-order chi connectivity index (χ1) is 12.6. The fourth-order valence-electron chi connectivity index (χ4n) is 2.26. The Balaban J connectivity index is 1.84. The second-order valence-corrected chi connectivity index (χ2v) is 5.66. The van der Waals surface area contributed by atoms with E-state index in [9.17, 15) is 9.59 Å². The van der Waals surface area contributed by atoms with Gasteiger partial charge in [-0.15, -0.1) is 0 Å². The van der Waals surface area contributed by atoms with E-state index >= 15 is 0 Å². The number of anilines is 1.